The summed E-state index contributed by atoms with van der Waals surface area (Å²) in [6.45, 7) is 6.04. The highest BCUT2D eigenvalue weighted by Crippen LogP contribution is 2.42. The molecule has 5 heterocycles. The fraction of sp³-hybridized carbons (Fsp3) is 0.0169. The van der Waals surface area contributed by atoms with Gasteiger partial charge in [-0.05, 0) is 64.1 Å². The number of nitrogens with zero attached hydrogens (tertiary/aromatic N) is 4. The monoisotopic (exact) mass is 880 g/mol. The Morgan fingerprint density at radius 3 is 1.80 bits per heavy atom. The fourth-order valence-corrected chi connectivity index (χ4v) is 17.6. The lowest BCUT2D eigenvalue weighted by Crippen LogP contribution is -2.74. The van der Waals surface area contributed by atoms with Crippen molar-refractivity contribution in [2.24, 2.45) is 4.99 Å². The molecule has 0 unspecified atom stereocenters. The molecule has 0 spiro atoms. The van der Waals surface area contributed by atoms with Gasteiger partial charge in [0.25, 0.3) is 0 Å². The van der Waals surface area contributed by atoms with E-state index in [0.29, 0.717) is 0 Å². The lowest BCUT2D eigenvalue weighted by atomic mass is 10.1. The minimum atomic E-state index is -3.22. The molecule has 312 valence electrons. The summed E-state index contributed by atoms with van der Waals surface area (Å²) in [5, 5.41) is 12.0. The lowest BCUT2D eigenvalue weighted by Gasteiger charge is -2.34. The van der Waals surface area contributed by atoms with E-state index >= 15 is 0 Å². The molecular weight excluding hydrogens is 841 g/mol. The smallest absolute Gasteiger partial charge is 0.185 e. The third-order valence-electron chi connectivity index (χ3n) is 13.5. The van der Waals surface area contributed by atoms with Crippen LogP contribution < -0.4 is 20.7 Å². The van der Waals surface area contributed by atoms with Crippen LogP contribution in [0.15, 0.2) is 222 Å². The van der Waals surface area contributed by atoms with Crippen LogP contribution in [0.5, 0.6) is 0 Å². The highest BCUT2D eigenvalue weighted by Gasteiger charge is 2.45. The van der Waals surface area contributed by atoms with Gasteiger partial charge in [0, 0.05) is 55.1 Å². The van der Waals surface area contributed by atoms with Crippen LogP contribution in [0, 0.1) is 6.92 Å². The van der Waals surface area contributed by atoms with Crippen molar-refractivity contribution in [3.8, 4) is 11.4 Å². The van der Waals surface area contributed by atoms with Crippen molar-refractivity contribution in [3.05, 3.63) is 219 Å². The SMILES string of the molecule is C=CC=Nc1c(C)n(-c2cccc3c2oc2c([Si](c4ccccc4)(c4ccccc4)c4cccc5c4sc4c(-n6c7ccccc7c7ncccc76)cccc45)cccc23)c2ccccc12. The van der Waals surface area contributed by atoms with Gasteiger partial charge in [0.2, 0.25) is 0 Å². The predicted octanol–water partition coefficient (Wildman–Crippen LogP) is 13.0. The first-order valence-electron chi connectivity index (χ1n) is 22.3. The first-order chi connectivity index (χ1) is 32.7. The van der Waals surface area contributed by atoms with E-state index in [-0.39, 0.29) is 0 Å². The van der Waals surface area contributed by atoms with E-state index in [0.717, 1.165) is 77.5 Å². The number of fused-ring (bicyclic) bond motifs is 10. The Bertz CT molecular complexity index is 4010. The number of benzene rings is 8. The number of furan rings is 1. The average molecular weight is 881 g/mol. The van der Waals surface area contributed by atoms with E-state index < -0.39 is 8.07 Å². The normalized spacial score (nSPS) is 12.3. The Morgan fingerprint density at radius 1 is 0.515 bits per heavy atom. The number of hydrogen-bond donors (Lipinski definition) is 0. The van der Waals surface area contributed by atoms with Gasteiger partial charge < -0.3 is 13.6 Å². The molecule has 0 bridgehead atoms. The average Bonchev–Trinajstić information content (AvgIpc) is 4.12. The summed E-state index contributed by atoms with van der Waals surface area (Å²) in [7, 11) is -3.22. The Morgan fingerprint density at radius 2 is 1.08 bits per heavy atom. The molecule has 13 aromatic rings. The van der Waals surface area contributed by atoms with Crippen LogP contribution in [0.3, 0.4) is 0 Å². The van der Waals surface area contributed by atoms with Crippen molar-refractivity contribution in [3.63, 3.8) is 0 Å². The summed E-state index contributed by atoms with van der Waals surface area (Å²) in [4.78, 5) is 9.75. The van der Waals surface area contributed by atoms with Crippen LogP contribution in [-0.2, 0) is 0 Å². The van der Waals surface area contributed by atoms with E-state index in [9.17, 15) is 0 Å². The number of rotatable bonds is 8. The summed E-state index contributed by atoms with van der Waals surface area (Å²) < 4.78 is 14.7. The van der Waals surface area contributed by atoms with Crippen molar-refractivity contribution < 1.29 is 4.42 Å². The van der Waals surface area contributed by atoms with Gasteiger partial charge in [-0.2, -0.15) is 0 Å². The molecule has 8 aromatic carbocycles. The predicted molar refractivity (Wildman–Crippen MR) is 282 cm³/mol. The molecule has 0 aliphatic heterocycles. The molecule has 0 radical (unpaired) electrons. The third-order valence-corrected chi connectivity index (χ3v) is 19.8. The van der Waals surface area contributed by atoms with Crippen molar-refractivity contribution in [1.29, 1.82) is 0 Å². The summed E-state index contributed by atoms with van der Waals surface area (Å²) in [5.74, 6) is 0. The second kappa shape index (κ2) is 15.0. The molecule has 0 fully saturated rings. The minimum absolute atomic E-state index is 0.845. The zero-order chi connectivity index (χ0) is 43.9. The van der Waals surface area contributed by atoms with E-state index in [4.69, 9.17) is 14.4 Å². The number of allylic oxidation sites excluding steroid dienone is 1. The quantitative estimate of drug-likeness (QED) is 0.0867. The first kappa shape index (κ1) is 38.4. The van der Waals surface area contributed by atoms with Crippen LogP contribution >= 0.6 is 11.3 Å². The number of hydrogen-bond acceptors (Lipinski definition) is 4. The molecule has 0 atom stereocenters. The zero-order valence-corrected chi connectivity index (χ0v) is 37.8. The van der Waals surface area contributed by atoms with Gasteiger partial charge in [-0.1, -0.05) is 170 Å². The highest BCUT2D eigenvalue weighted by molar-refractivity contribution is 7.31. The molecule has 0 amide bonds. The van der Waals surface area contributed by atoms with E-state index in [1.54, 1.807) is 12.3 Å². The van der Waals surface area contributed by atoms with Crippen molar-refractivity contribution in [2.45, 2.75) is 6.92 Å². The van der Waals surface area contributed by atoms with Crippen molar-refractivity contribution in [2.75, 3.05) is 0 Å². The van der Waals surface area contributed by atoms with Crippen LogP contribution in [0.4, 0.5) is 5.69 Å². The summed E-state index contributed by atoms with van der Waals surface area (Å²) in [5.41, 5.74) is 10.2. The van der Waals surface area contributed by atoms with Crippen LogP contribution in [0.1, 0.15) is 5.69 Å². The Balaban J connectivity index is 1.14. The topological polar surface area (TPSA) is 48.2 Å². The van der Waals surface area contributed by atoms with Gasteiger partial charge in [0.05, 0.1) is 43.8 Å². The zero-order valence-electron chi connectivity index (χ0n) is 36.0. The molecule has 7 heteroatoms. The number of para-hydroxylation sites is 4. The van der Waals surface area contributed by atoms with Gasteiger partial charge in [-0.3, -0.25) is 9.98 Å². The maximum Gasteiger partial charge on any atom is 0.185 e. The highest BCUT2D eigenvalue weighted by atomic mass is 32.1. The summed E-state index contributed by atoms with van der Waals surface area (Å²) in [6.07, 6.45) is 5.39. The van der Waals surface area contributed by atoms with Gasteiger partial charge in [0.15, 0.2) is 13.7 Å². The van der Waals surface area contributed by atoms with Crippen molar-refractivity contribution >= 4 is 127 Å². The summed E-state index contributed by atoms with van der Waals surface area (Å²) in [6, 6.07) is 70.9. The van der Waals surface area contributed by atoms with Gasteiger partial charge in [-0.15, -0.1) is 11.3 Å². The molecule has 0 N–H and O–H groups in total. The molecule has 0 aliphatic rings. The maximum atomic E-state index is 7.51. The summed E-state index contributed by atoms with van der Waals surface area (Å²) >= 11 is 1.90. The Labute approximate surface area is 385 Å². The molecule has 0 saturated heterocycles. The second-order valence-corrected chi connectivity index (χ2v) is 21.6. The van der Waals surface area contributed by atoms with E-state index in [1.165, 1.54) is 40.9 Å². The van der Waals surface area contributed by atoms with E-state index in [1.807, 2.05) is 23.6 Å². The van der Waals surface area contributed by atoms with Gasteiger partial charge in [-0.25, -0.2) is 0 Å². The number of pyridine rings is 1. The van der Waals surface area contributed by atoms with Gasteiger partial charge >= 0.3 is 0 Å². The van der Waals surface area contributed by atoms with Crippen LogP contribution in [0.25, 0.3) is 86.3 Å². The molecule has 0 saturated carbocycles. The molecule has 5 nitrogen and oxygen atoms in total. The third kappa shape index (κ3) is 5.38. The standard InChI is InChI=1S/C59H40N4OSSi/c1-3-36-60-54-38(2)62(47-29-12-10-23-45(47)54)50-31-14-25-41-42-26-16-34-52(57(42)64-56(41)50)66(39-19-6-4-7-20-39,40-21-8-5-9-22-40)53-35-17-28-44-43-27-15-32-51(58(43)65-59(44)53)63-48-30-13-11-24-46(48)55-49(63)33-18-37-61-55/h3-37H,1H2,2H3. The van der Waals surface area contributed by atoms with Gasteiger partial charge in [0.1, 0.15) is 5.58 Å². The Hall–Kier alpha value is -8.10. The molecule has 0 aliphatic carbocycles. The van der Waals surface area contributed by atoms with Crippen molar-refractivity contribution in [1.82, 2.24) is 14.1 Å². The lowest BCUT2D eigenvalue weighted by molar-refractivity contribution is 0.668. The Kier molecular flexibility index (Phi) is 8.71. The molecule has 66 heavy (non-hydrogen) atoms. The molecule has 13 rings (SSSR count). The number of aromatic nitrogens is 3. The number of thiophene rings is 1. The van der Waals surface area contributed by atoms with Crippen LogP contribution in [0.2, 0.25) is 0 Å². The van der Waals surface area contributed by atoms with Crippen LogP contribution in [-0.4, -0.2) is 28.4 Å². The minimum Gasteiger partial charge on any atom is -0.454 e. The molecular formula is C59H40N4OSSi. The maximum absolute atomic E-state index is 7.51. The first-order valence-corrected chi connectivity index (χ1v) is 25.1. The fourth-order valence-electron chi connectivity index (χ4n) is 10.9. The van der Waals surface area contributed by atoms with E-state index in [2.05, 4.69) is 211 Å². The molecule has 5 aromatic heterocycles. The number of aliphatic imine (C=N–C) groups is 1. The largest absolute Gasteiger partial charge is 0.454 e. The second-order valence-electron chi connectivity index (χ2n) is 16.9.